The molecule has 0 amide bonds. The predicted octanol–water partition coefficient (Wildman–Crippen LogP) is 2.31. The van der Waals surface area contributed by atoms with Crippen molar-refractivity contribution < 1.29 is 14.6 Å². The van der Waals surface area contributed by atoms with E-state index in [2.05, 4.69) is 15.9 Å². The van der Waals surface area contributed by atoms with Gasteiger partial charge in [-0.05, 0) is 43.4 Å². The van der Waals surface area contributed by atoms with E-state index in [0.717, 1.165) is 70.8 Å². The zero-order valence-corrected chi connectivity index (χ0v) is 13.5. The van der Waals surface area contributed by atoms with E-state index in [4.69, 9.17) is 4.74 Å². The number of morpholine rings is 1. The van der Waals surface area contributed by atoms with E-state index in [-0.39, 0.29) is 5.54 Å². The summed E-state index contributed by atoms with van der Waals surface area (Å²) in [5.41, 5.74) is 2.57. The molecule has 2 heterocycles. The van der Waals surface area contributed by atoms with Crippen LogP contribution in [0.4, 0.5) is 5.69 Å². The third-order valence-electron chi connectivity index (χ3n) is 5.55. The Morgan fingerprint density at radius 1 is 1.09 bits per heavy atom. The largest absolute Gasteiger partial charge is 0.478 e. The number of hydrogen-bond donors (Lipinski definition) is 1. The Kier molecular flexibility index (Phi) is 3.77. The molecule has 0 spiro atoms. The zero-order valence-electron chi connectivity index (χ0n) is 13.5. The number of nitrogens with zero attached hydrogens (tertiary/aromatic N) is 2. The van der Waals surface area contributed by atoms with E-state index in [1.165, 1.54) is 5.56 Å². The third kappa shape index (κ3) is 2.62. The molecule has 124 valence electrons. The SMILES string of the molecule is O=C(O)c1cc(C2(N3CCOCC3)CC2)ccc1N1CCCC1. The van der Waals surface area contributed by atoms with Gasteiger partial charge in [0.15, 0.2) is 0 Å². The van der Waals surface area contributed by atoms with Gasteiger partial charge in [-0.2, -0.15) is 0 Å². The van der Waals surface area contributed by atoms with Gasteiger partial charge in [0, 0.05) is 31.7 Å². The monoisotopic (exact) mass is 316 g/mol. The lowest BCUT2D eigenvalue weighted by atomic mass is 9.98. The Bertz CT molecular complexity index is 600. The van der Waals surface area contributed by atoms with Crippen molar-refractivity contribution in [1.29, 1.82) is 0 Å². The average molecular weight is 316 g/mol. The number of carboxylic acids is 1. The highest BCUT2D eigenvalue weighted by Gasteiger charge is 2.49. The number of aromatic carboxylic acids is 1. The van der Waals surface area contributed by atoms with Gasteiger partial charge in [-0.25, -0.2) is 4.79 Å². The van der Waals surface area contributed by atoms with E-state index < -0.39 is 5.97 Å². The van der Waals surface area contributed by atoms with Crippen LogP contribution in [-0.2, 0) is 10.3 Å². The molecule has 0 aromatic heterocycles. The van der Waals surface area contributed by atoms with Crippen LogP contribution < -0.4 is 4.90 Å². The van der Waals surface area contributed by atoms with Crippen molar-refractivity contribution in [2.45, 2.75) is 31.2 Å². The van der Waals surface area contributed by atoms with Gasteiger partial charge in [0.1, 0.15) is 0 Å². The molecule has 1 aliphatic carbocycles. The van der Waals surface area contributed by atoms with Crippen LogP contribution >= 0.6 is 0 Å². The van der Waals surface area contributed by atoms with E-state index in [1.807, 2.05) is 12.1 Å². The normalized spacial score (nSPS) is 23.9. The molecule has 1 N–H and O–H groups in total. The second-order valence-electron chi connectivity index (χ2n) is 6.86. The molecule has 0 atom stereocenters. The molecular weight excluding hydrogens is 292 g/mol. The fourth-order valence-corrected chi connectivity index (χ4v) is 4.13. The van der Waals surface area contributed by atoms with Crippen LogP contribution in [0.3, 0.4) is 0 Å². The zero-order chi connectivity index (χ0) is 15.9. The molecule has 5 nitrogen and oxygen atoms in total. The minimum atomic E-state index is -0.813. The number of carboxylic acid groups (broad SMARTS) is 1. The van der Waals surface area contributed by atoms with Crippen LogP contribution in [0.25, 0.3) is 0 Å². The Hall–Kier alpha value is -1.59. The van der Waals surface area contributed by atoms with Gasteiger partial charge in [0.05, 0.1) is 24.5 Å². The van der Waals surface area contributed by atoms with E-state index in [9.17, 15) is 9.90 Å². The van der Waals surface area contributed by atoms with Crippen LogP contribution in [0.1, 0.15) is 41.6 Å². The standard InChI is InChI=1S/C18H24N2O3/c21-17(22)15-13-14(3-4-16(15)19-7-1-2-8-19)18(5-6-18)20-9-11-23-12-10-20/h3-4,13H,1-2,5-12H2,(H,21,22). The smallest absolute Gasteiger partial charge is 0.337 e. The highest BCUT2D eigenvalue weighted by molar-refractivity contribution is 5.95. The Morgan fingerprint density at radius 2 is 1.78 bits per heavy atom. The van der Waals surface area contributed by atoms with Crippen LogP contribution in [0.2, 0.25) is 0 Å². The molecule has 5 heteroatoms. The Morgan fingerprint density at radius 3 is 2.39 bits per heavy atom. The van der Waals surface area contributed by atoms with Crippen LogP contribution in [-0.4, -0.2) is 55.4 Å². The fourth-order valence-electron chi connectivity index (χ4n) is 4.13. The van der Waals surface area contributed by atoms with Crippen molar-refractivity contribution in [2.75, 3.05) is 44.3 Å². The molecular formula is C18H24N2O3. The summed E-state index contributed by atoms with van der Waals surface area (Å²) < 4.78 is 5.46. The van der Waals surface area contributed by atoms with Gasteiger partial charge in [-0.15, -0.1) is 0 Å². The predicted molar refractivity (Wildman–Crippen MR) is 88.2 cm³/mol. The summed E-state index contributed by atoms with van der Waals surface area (Å²) in [5, 5.41) is 9.69. The second-order valence-corrected chi connectivity index (χ2v) is 6.86. The maximum Gasteiger partial charge on any atom is 0.337 e. The first-order valence-electron chi connectivity index (χ1n) is 8.66. The van der Waals surface area contributed by atoms with Crippen molar-refractivity contribution in [3.63, 3.8) is 0 Å². The average Bonchev–Trinajstić information content (AvgIpc) is 3.22. The molecule has 1 aromatic rings. The van der Waals surface area contributed by atoms with Gasteiger partial charge in [0.25, 0.3) is 0 Å². The number of ether oxygens (including phenoxy) is 1. The summed E-state index contributed by atoms with van der Waals surface area (Å²) in [7, 11) is 0. The molecule has 0 radical (unpaired) electrons. The quantitative estimate of drug-likeness (QED) is 0.924. The summed E-state index contributed by atoms with van der Waals surface area (Å²) >= 11 is 0. The fraction of sp³-hybridized carbons (Fsp3) is 0.611. The maximum atomic E-state index is 11.8. The topological polar surface area (TPSA) is 53.0 Å². The van der Waals surface area contributed by atoms with Crippen LogP contribution in [0.5, 0.6) is 0 Å². The lowest BCUT2D eigenvalue weighted by Gasteiger charge is -2.35. The number of carbonyl (C=O) groups is 1. The van der Waals surface area contributed by atoms with E-state index >= 15 is 0 Å². The third-order valence-corrected chi connectivity index (χ3v) is 5.55. The van der Waals surface area contributed by atoms with Gasteiger partial charge in [0.2, 0.25) is 0 Å². The molecule has 1 saturated carbocycles. The van der Waals surface area contributed by atoms with Crippen molar-refractivity contribution >= 4 is 11.7 Å². The summed E-state index contributed by atoms with van der Waals surface area (Å²) in [6, 6.07) is 6.12. The molecule has 0 bridgehead atoms. The summed E-state index contributed by atoms with van der Waals surface area (Å²) in [6.45, 7) is 5.37. The molecule has 23 heavy (non-hydrogen) atoms. The number of hydrogen-bond acceptors (Lipinski definition) is 4. The lowest BCUT2D eigenvalue weighted by Crippen LogP contribution is -2.43. The highest BCUT2D eigenvalue weighted by Crippen LogP contribution is 2.51. The van der Waals surface area contributed by atoms with Gasteiger partial charge in [-0.3, -0.25) is 4.90 Å². The summed E-state index contributed by atoms with van der Waals surface area (Å²) in [6.07, 6.45) is 4.54. The molecule has 4 rings (SSSR count). The first-order valence-corrected chi connectivity index (χ1v) is 8.66. The van der Waals surface area contributed by atoms with Crippen molar-refractivity contribution in [3.05, 3.63) is 29.3 Å². The molecule has 3 fully saturated rings. The van der Waals surface area contributed by atoms with Gasteiger partial charge >= 0.3 is 5.97 Å². The van der Waals surface area contributed by atoms with Crippen LogP contribution in [0, 0.1) is 0 Å². The first kappa shape index (κ1) is 15.0. The Balaban J connectivity index is 1.67. The van der Waals surface area contributed by atoms with Crippen molar-refractivity contribution in [1.82, 2.24) is 4.90 Å². The van der Waals surface area contributed by atoms with E-state index in [0.29, 0.717) is 5.56 Å². The maximum absolute atomic E-state index is 11.8. The number of rotatable bonds is 4. The molecule has 1 aromatic carbocycles. The van der Waals surface area contributed by atoms with Gasteiger partial charge < -0.3 is 14.7 Å². The second kappa shape index (κ2) is 5.80. The van der Waals surface area contributed by atoms with Crippen molar-refractivity contribution in [2.24, 2.45) is 0 Å². The number of benzene rings is 1. The minimum absolute atomic E-state index is 0.0531. The molecule has 2 saturated heterocycles. The first-order chi connectivity index (χ1) is 11.2. The molecule has 2 aliphatic heterocycles. The van der Waals surface area contributed by atoms with Crippen LogP contribution in [0.15, 0.2) is 18.2 Å². The highest BCUT2D eigenvalue weighted by atomic mass is 16.5. The summed E-state index contributed by atoms with van der Waals surface area (Å²) in [4.78, 5) is 16.5. The van der Waals surface area contributed by atoms with Crippen molar-refractivity contribution in [3.8, 4) is 0 Å². The molecule has 3 aliphatic rings. The summed E-state index contributed by atoms with van der Waals surface area (Å²) in [5.74, 6) is -0.813. The minimum Gasteiger partial charge on any atom is -0.478 e. The molecule has 0 unspecified atom stereocenters. The number of anilines is 1. The Labute approximate surface area is 136 Å². The van der Waals surface area contributed by atoms with Gasteiger partial charge in [-0.1, -0.05) is 6.07 Å². The van der Waals surface area contributed by atoms with E-state index in [1.54, 1.807) is 0 Å². The lowest BCUT2D eigenvalue weighted by molar-refractivity contribution is 0.00832.